The molecule has 3 aliphatic rings. The Kier molecular flexibility index (Phi) is 20.9. The molecule has 9 heterocycles. The van der Waals surface area contributed by atoms with Crippen molar-refractivity contribution in [3.63, 3.8) is 0 Å². The maximum absolute atomic E-state index is 13.1. The Labute approximate surface area is 591 Å². The molecule has 25 heteroatoms. The first-order valence-corrected chi connectivity index (χ1v) is 33.3. The van der Waals surface area contributed by atoms with Gasteiger partial charge in [0.25, 0.3) is 17.7 Å². The Morgan fingerprint density at radius 2 is 0.833 bits per heavy atom. The lowest BCUT2D eigenvalue weighted by Crippen LogP contribution is -2.56. The van der Waals surface area contributed by atoms with E-state index in [-0.39, 0.29) is 35.0 Å². The predicted octanol–water partition coefficient (Wildman–Crippen LogP) is 14.3. The van der Waals surface area contributed by atoms with Crippen molar-refractivity contribution in [1.82, 2.24) is 85.8 Å². The zero-order valence-corrected chi connectivity index (χ0v) is 56.4. The van der Waals surface area contributed by atoms with Crippen molar-refractivity contribution in [2.24, 2.45) is 0 Å². The average Bonchev–Trinajstić information content (AvgIpc) is 1.78. The van der Waals surface area contributed by atoms with Crippen LogP contribution in [0.2, 0.25) is 0 Å². The number of piperazine rings is 2. The van der Waals surface area contributed by atoms with Crippen molar-refractivity contribution in [2.45, 2.75) is 45.5 Å². The highest BCUT2D eigenvalue weighted by molar-refractivity contribution is 5.73. The van der Waals surface area contributed by atoms with Gasteiger partial charge in [0, 0.05) is 120 Å². The van der Waals surface area contributed by atoms with Crippen molar-refractivity contribution in [3.05, 3.63) is 230 Å². The van der Waals surface area contributed by atoms with Crippen LogP contribution in [-0.4, -0.2) is 159 Å². The van der Waals surface area contributed by atoms with E-state index in [2.05, 4.69) is 122 Å². The summed E-state index contributed by atoms with van der Waals surface area (Å²) in [7, 11) is 0. The summed E-state index contributed by atoms with van der Waals surface area (Å²) < 4.78 is 62.6. The van der Waals surface area contributed by atoms with Gasteiger partial charge >= 0.3 is 6.18 Å². The van der Waals surface area contributed by atoms with Gasteiger partial charge in [-0.3, -0.25) is 9.97 Å². The normalized spacial score (nSPS) is 15.5. The Morgan fingerprint density at radius 3 is 1.26 bits per heavy atom. The number of aromatic nitrogens is 12. The summed E-state index contributed by atoms with van der Waals surface area (Å²) in [4.78, 5) is 33.7. The highest BCUT2D eigenvalue weighted by Gasteiger charge is 2.42. The van der Waals surface area contributed by atoms with Gasteiger partial charge in [-0.1, -0.05) is 147 Å². The molecule has 12 aromatic rings. The number of halogens is 3. The van der Waals surface area contributed by atoms with E-state index in [1.54, 1.807) is 23.5 Å². The zero-order chi connectivity index (χ0) is 70.7. The van der Waals surface area contributed by atoms with Crippen molar-refractivity contribution < 1.29 is 35.4 Å². The second kappa shape index (κ2) is 31.1. The van der Waals surface area contributed by atoms with E-state index >= 15 is 0 Å². The number of nitrogen functional groups attached to an aromatic ring is 1. The van der Waals surface area contributed by atoms with Gasteiger partial charge in [0.05, 0.1) is 53.7 Å². The Hall–Kier alpha value is -11.9. The number of benzene rings is 6. The summed E-state index contributed by atoms with van der Waals surface area (Å²) in [6.45, 7) is 25.3. The molecule has 3 saturated heterocycles. The molecule has 0 bridgehead atoms. The summed E-state index contributed by atoms with van der Waals surface area (Å²) in [5, 5.41) is 30.9. The standard InChI is InChI=1S/C26H23F3N6O.C26H26N6O.C25H24N6O2.3H2/c1-16-23(25-34-33-24(36-25)20-6-4-3-5-7-20)32-21(14-31-16)19-10-8-18(9-11-19)17(2)35-13-12-30-22(15-35)26(27,28)29;1-17-16-32(14-13-27-17)19(3)20-9-11-21(12-10-20)23-15-28-18(2)24(29-23)26-31-30-25(33-26)22-7-5-4-6-8-22;1-17(31-12-5-14-32-15-13-31)18-8-10-19(11-9-18)21-16-27-23(26)22(28-21)25-30-29-24(33-25)20-6-3-2-4-7-20;;;/h3-11,14,22,30H,2,12-13,15H2,1H3;4-12,15,17,27H,3,13-14,16H2,1-2H3;2-4,6-11,16H,1,5,12-15H2,(H2,26,27);3*1H. The molecule has 3 fully saturated rings. The third-order valence-corrected chi connectivity index (χ3v) is 17.5. The van der Waals surface area contributed by atoms with Crippen LogP contribution in [0.4, 0.5) is 19.0 Å². The molecule has 6 aromatic heterocycles. The fourth-order valence-electron chi connectivity index (χ4n) is 11.8. The average molecular weight is 1380 g/mol. The van der Waals surface area contributed by atoms with Gasteiger partial charge in [0.15, 0.2) is 11.5 Å². The summed E-state index contributed by atoms with van der Waals surface area (Å²) in [5.41, 5.74) is 21.6. The van der Waals surface area contributed by atoms with Gasteiger partial charge in [-0.25, -0.2) is 19.9 Å². The van der Waals surface area contributed by atoms with Crippen LogP contribution in [0.1, 0.15) is 45.7 Å². The summed E-state index contributed by atoms with van der Waals surface area (Å²) in [5.74, 6) is 2.34. The van der Waals surface area contributed by atoms with E-state index in [0.717, 1.165) is 125 Å². The SMILES string of the molecule is C=C(c1ccc(-c2cnc(C)c(-c3nnc(-c4ccccc4)o3)n2)cc1)N1CCNC(C(F)(F)F)C1.C=C(c1ccc(-c2cnc(C)c(-c3nnc(-c4ccccc4)o3)n2)cc1)N1CCNC(C)C1.C=C(c1ccc(-c2cnc(N)c(-c3nnc(-c4ccccc4)o3)n2)cc1)N1CCCOCC1.[HH].[HH].[HH]. The molecule has 3 aliphatic heterocycles. The van der Waals surface area contributed by atoms with E-state index < -0.39 is 12.2 Å². The van der Waals surface area contributed by atoms with Crippen LogP contribution in [0.5, 0.6) is 0 Å². The summed E-state index contributed by atoms with van der Waals surface area (Å²) >= 11 is 0. The maximum atomic E-state index is 13.1. The van der Waals surface area contributed by atoms with Gasteiger partial charge in [0.2, 0.25) is 17.7 Å². The highest BCUT2D eigenvalue weighted by atomic mass is 19.4. The minimum Gasteiger partial charge on any atom is -0.415 e. The molecule has 0 radical (unpaired) electrons. The fraction of sp³-hybridized carbons (Fsp3) is 0.221. The van der Waals surface area contributed by atoms with E-state index in [4.69, 9.17) is 33.7 Å². The largest absolute Gasteiger partial charge is 0.415 e. The van der Waals surface area contributed by atoms with E-state index in [1.807, 2.05) is 153 Å². The first-order chi connectivity index (χ1) is 49.6. The molecule has 0 amide bonds. The maximum Gasteiger partial charge on any atom is 0.405 e. The van der Waals surface area contributed by atoms with Crippen LogP contribution in [0.25, 0.3) is 120 Å². The van der Waals surface area contributed by atoms with E-state index in [0.29, 0.717) is 76.0 Å². The first kappa shape index (κ1) is 68.6. The molecule has 522 valence electrons. The number of aryl methyl sites for hydroxylation is 2. The second-order valence-corrected chi connectivity index (χ2v) is 24.5. The number of nitrogens with two attached hydrogens (primary N) is 1. The molecule has 22 nitrogen and oxygen atoms in total. The van der Waals surface area contributed by atoms with Crippen molar-refractivity contribution in [1.29, 1.82) is 0 Å². The number of hydrogen-bond donors (Lipinski definition) is 3. The van der Waals surface area contributed by atoms with Crippen LogP contribution in [0.3, 0.4) is 0 Å². The van der Waals surface area contributed by atoms with Crippen LogP contribution >= 0.6 is 0 Å². The smallest absolute Gasteiger partial charge is 0.405 e. The van der Waals surface area contributed by atoms with Crippen LogP contribution < -0.4 is 16.4 Å². The van der Waals surface area contributed by atoms with Gasteiger partial charge < -0.3 is 49.1 Å². The number of rotatable bonds is 15. The number of ether oxygens (including phenoxy) is 1. The number of nitrogens with one attached hydrogen (secondary N) is 2. The Balaban J connectivity index is 0.000000167. The van der Waals surface area contributed by atoms with E-state index in [1.165, 1.54) is 0 Å². The topological polar surface area (TPSA) is 263 Å². The predicted molar refractivity (Wildman–Crippen MR) is 391 cm³/mol. The first-order valence-electron chi connectivity index (χ1n) is 33.3. The Morgan fingerprint density at radius 1 is 0.451 bits per heavy atom. The van der Waals surface area contributed by atoms with E-state index in [9.17, 15) is 13.2 Å². The number of alkyl halides is 3. The minimum absolute atomic E-state index is 0. The molecular weight excluding hydrogens is 1300 g/mol. The second-order valence-electron chi connectivity index (χ2n) is 24.5. The van der Waals surface area contributed by atoms with Gasteiger partial charge in [0.1, 0.15) is 17.4 Å². The zero-order valence-electron chi connectivity index (χ0n) is 56.4. The van der Waals surface area contributed by atoms with Crippen LogP contribution in [0, 0.1) is 13.8 Å². The third kappa shape index (κ3) is 16.2. The quantitative estimate of drug-likeness (QED) is 0.0861. The summed E-state index contributed by atoms with van der Waals surface area (Å²) in [6.07, 6.45) is 1.77. The number of hydrogen-bond acceptors (Lipinski definition) is 22. The van der Waals surface area contributed by atoms with Crippen molar-refractivity contribution in [3.8, 4) is 103 Å². The molecule has 102 heavy (non-hydrogen) atoms. The van der Waals surface area contributed by atoms with Crippen LogP contribution in [-0.2, 0) is 4.74 Å². The van der Waals surface area contributed by atoms with Gasteiger partial charge in [-0.05, 0) is 80.3 Å². The lowest BCUT2D eigenvalue weighted by atomic mass is 10.1. The molecular formula is C77H79F3N18O4. The van der Waals surface area contributed by atoms with Crippen molar-refractivity contribution in [2.75, 3.05) is 71.3 Å². The van der Waals surface area contributed by atoms with Gasteiger partial charge in [-0.2, -0.15) is 13.2 Å². The number of nitrogens with zero attached hydrogens (tertiary/aromatic N) is 15. The van der Waals surface area contributed by atoms with Crippen LogP contribution in [0.15, 0.2) is 215 Å². The highest BCUT2D eigenvalue weighted by Crippen LogP contribution is 2.34. The molecule has 0 aliphatic carbocycles. The molecule has 0 saturated carbocycles. The fourth-order valence-corrected chi connectivity index (χ4v) is 11.8. The molecule has 6 aromatic carbocycles. The lowest BCUT2D eigenvalue weighted by molar-refractivity contribution is -0.162. The Bertz CT molecular complexity index is 4690. The molecule has 2 unspecified atom stereocenters. The molecule has 4 N–H and O–H groups in total. The molecule has 15 rings (SSSR count). The van der Waals surface area contributed by atoms with Gasteiger partial charge in [-0.15, -0.1) is 30.6 Å². The molecule has 0 spiro atoms. The molecule has 2 atom stereocenters. The minimum atomic E-state index is -4.30. The van der Waals surface area contributed by atoms with Crippen molar-refractivity contribution >= 4 is 22.9 Å². The summed E-state index contributed by atoms with van der Waals surface area (Å²) in [6, 6.07) is 51.3. The lowest BCUT2D eigenvalue weighted by Gasteiger charge is -2.37. The monoisotopic (exact) mass is 1380 g/mol. The number of anilines is 1. The third-order valence-electron chi connectivity index (χ3n) is 17.5.